The second kappa shape index (κ2) is 9.32. The molecule has 0 spiro atoms. The van der Waals surface area contributed by atoms with Crippen molar-refractivity contribution >= 4 is 27.5 Å². The molecule has 6 nitrogen and oxygen atoms in total. The Morgan fingerprint density at radius 2 is 1.81 bits per heavy atom. The number of benzene rings is 2. The highest BCUT2D eigenvalue weighted by Crippen LogP contribution is 2.18. The molecule has 0 unspecified atom stereocenters. The molecular formula is C19H23ClN2O4S. The summed E-state index contributed by atoms with van der Waals surface area (Å²) in [7, 11) is -2.17. The summed E-state index contributed by atoms with van der Waals surface area (Å²) in [6.07, 6.45) is 0. The maximum atomic E-state index is 12.4. The smallest absolute Gasteiger partial charge is 0.251 e. The van der Waals surface area contributed by atoms with Gasteiger partial charge in [0.05, 0.1) is 17.5 Å². The maximum absolute atomic E-state index is 12.4. The Bertz CT molecular complexity index is 885. The number of nitrogens with one attached hydrogen (secondary N) is 2. The maximum Gasteiger partial charge on any atom is 0.251 e. The zero-order chi connectivity index (χ0) is 20.0. The van der Waals surface area contributed by atoms with Gasteiger partial charge < -0.3 is 10.1 Å². The van der Waals surface area contributed by atoms with Gasteiger partial charge in [-0.05, 0) is 55.8 Å². The van der Waals surface area contributed by atoms with Crippen LogP contribution in [0.3, 0.4) is 0 Å². The minimum Gasteiger partial charge on any atom is -0.383 e. The number of carbonyl (C=O) groups excluding carboxylic acids is 1. The number of hydrogen-bond donors (Lipinski definition) is 2. The number of ether oxygens (including phenoxy) is 1. The molecule has 2 N–H and O–H groups in total. The Labute approximate surface area is 164 Å². The van der Waals surface area contributed by atoms with Gasteiger partial charge in [0.15, 0.2) is 0 Å². The number of halogens is 1. The van der Waals surface area contributed by atoms with Crippen molar-refractivity contribution in [2.24, 2.45) is 0 Å². The molecular weight excluding hydrogens is 388 g/mol. The molecule has 27 heavy (non-hydrogen) atoms. The van der Waals surface area contributed by atoms with E-state index in [4.69, 9.17) is 16.3 Å². The first-order valence-electron chi connectivity index (χ1n) is 8.40. The second-order valence-electron chi connectivity index (χ2n) is 6.25. The minimum absolute atomic E-state index is 0.0879. The van der Waals surface area contributed by atoms with Crippen LogP contribution in [0.5, 0.6) is 0 Å². The monoisotopic (exact) mass is 410 g/mol. The van der Waals surface area contributed by atoms with E-state index in [1.54, 1.807) is 19.1 Å². The van der Waals surface area contributed by atoms with Gasteiger partial charge in [0.1, 0.15) is 0 Å². The van der Waals surface area contributed by atoms with Gasteiger partial charge in [0, 0.05) is 23.7 Å². The summed E-state index contributed by atoms with van der Waals surface area (Å²) < 4.78 is 32.1. The summed E-state index contributed by atoms with van der Waals surface area (Å²) >= 11 is 5.97. The lowest BCUT2D eigenvalue weighted by molar-refractivity contribution is 0.0940. The summed E-state index contributed by atoms with van der Waals surface area (Å²) in [6.45, 7) is 3.82. The fraction of sp³-hybridized carbons (Fsp3) is 0.316. The summed E-state index contributed by atoms with van der Waals surface area (Å²) in [5.74, 6) is -0.299. The largest absolute Gasteiger partial charge is 0.383 e. The zero-order valence-corrected chi connectivity index (χ0v) is 17.0. The van der Waals surface area contributed by atoms with Gasteiger partial charge >= 0.3 is 0 Å². The standard InChI is InChI=1S/C19H23ClN2O4S/c1-13(12-26-3)22-27(24,25)18-9-7-15(8-10-18)19(23)21-14(2)16-5-4-6-17(20)11-16/h4-11,13-14,22H,12H2,1-3H3,(H,21,23)/t13-,14-/m0/s1. The Hall–Kier alpha value is -1.93. The van der Waals surface area contributed by atoms with Crippen molar-refractivity contribution in [2.75, 3.05) is 13.7 Å². The van der Waals surface area contributed by atoms with E-state index in [1.165, 1.54) is 31.4 Å². The number of hydrogen-bond acceptors (Lipinski definition) is 4. The van der Waals surface area contributed by atoms with Crippen LogP contribution >= 0.6 is 11.6 Å². The van der Waals surface area contributed by atoms with Crippen LogP contribution in [0, 0.1) is 0 Å². The van der Waals surface area contributed by atoms with Gasteiger partial charge in [0.2, 0.25) is 10.0 Å². The number of carbonyl (C=O) groups is 1. The first-order chi connectivity index (χ1) is 12.7. The molecule has 0 saturated carbocycles. The fourth-order valence-corrected chi connectivity index (χ4v) is 3.97. The zero-order valence-electron chi connectivity index (χ0n) is 15.4. The third kappa shape index (κ3) is 6.04. The molecule has 2 rings (SSSR count). The van der Waals surface area contributed by atoms with E-state index in [-0.39, 0.29) is 29.5 Å². The minimum atomic E-state index is -3.67. The number of methoxy groups -OCH3 is 1. The summed E-state index contributed by atoms with van der Waals surface area (Å²) in [5, 5.41) is 3.46. The van der Waals surface area contributed by atoms with Crippen molar-refractivity contribution in [3.8, 4) is 0 Å². The van der Waals surface area contributed by atoms with Crippen LogP contribution in [0.2, 0.25) is 5.02 Å². The van der Waals surface area contributed by atoms with E-state index in [0.29, 0.717) is 10.6 Å². The predicted molar refractivity (Wildman–Crippen MR) is 105 cm³/mol. The second-order valence-corrected chi connectivity index (χ2v) is 8.40. The van der Waals surface area contributed by atoms with Crippen LogP contribution in [0.15, 0.2) is 53.4 Å². The first-order valence-corrected chi connectivity index (χ1v) is 10.3. The van der Waals surface area contributed by atoms with Crippen molar-refractivity contribution < 1.29 is 17.9 Å². The molecule has 0 aromatic heterocycles. The summed E-state index contributed by atoms with van der Waals surface area (Å²) in [5.41, 5.74) is 1.25. The van der Waals surface area contributed by atoms with Crippen LogP contribution in [-0.2, 0) is 14.8 Å². The van der Waals surface area contributed by atoms with Crippen LogP contribution in [0.1, 0.15) is 35.8 Å². The molecule has 1 amide bonds. The number of amides is 1. The van der Waals surface area contributed by atoms with Gasteiger partial charge in [-0.25, -0.2) is 13.1 Å². The van der Waals surface area contributed by atoms with E-state index in [2.05, 4.69) is 10.0 Å². The molecule has 0 heterocycles. The molecule has 2 atom stereocenters. The number of rotatable bonds is 8. The first kappa shape index (κ1) is 21.4. The van der Waals surface area contributed by atoms with Gasteiger partial charge in [-0.2, -0.15) is 0 Å². The molecule has 0 saturated heterocycles. The Balaban J connectivity index is 2.06. The normalized spacial score (nSPS) is 13.8. The van der Waals surface area contributed by atoms with Gasteiger partial charge in [0.25, 0.3) is 5.91 Å². The molecule has 0 aliphatic rings. The fourth-order valence-electron chi connectivity index (χ4n) is 2.54. The van der Waals surface area contributed by atoms with Gasteiger partial charge in [-0.1, -0.05) is 23.7 Å². The quantitative estimate of drug-likeness (QED) is 0.700. The average Bonchev–Trinajstić information content (AvgIpc) is 2.61. The molecule has 8 heteroatoms. The average molecular weight is 411 g/mol. The van der Waals surface area contributed by atoms with E-state index in [0.717, 1.165) is 5.56 Å². The molecule has 0 bridgehead atoms. The third-order valence-corrected chi connectivity index (χ3v) is 5.74. The summed E-state index contributed by atoms with van der Waals surface area (Å²) in [6, 6.07) is 12.4. The lowest BCUT2D eigenvalue weighted by Gasteiger charge is -2.15. The van der Waals surface area contributed by atoms with Crippen molar-refractivity contribution in [2.45, 2.75) is 30.8 Å². The molecule has 0 aliphatic heterocycles. The highest BCUT2D eigenvalue weighted by molar-refractivity contribution is 7.89. The van der Waals surface area contributed by atoms with E-state index in [1.807, 2.05) is 19.1 Å². The van der Waals surface area contributed by atoms with Crippen molar-refractivity contribution in [1.82, 2.24) is 10.0 Å². The van der Waals surface area contributed by atoms with Crippen LogP contribution in [-0.4, -0.2) is 34.1 Å². The molecule has 146 valence electrons. The van der Waals surface area contributed by atoms with Crippen LogP contribution < -0.4 is 10.0 Å². The van der Waals surface area contributed by atoms with Gasteiger partial charge in [-0.3, -0.25) is 4.79 Å². The topological polar surface area (TPSA) is 84.5 Å². The molecule has 0 aliphatic carbocycles. The summed E-state index contributed by atoms with van der Waals surface area (Å²) in [4.78, 5) is 12.5. The Morgan fingerprint density at radius 1 is 1.15 bits per heavy atom. The highest BCUT2D eigenvalue weighted by Gasteiger charge is 2.18. The Morgan fingerprint density at radius 3 is 2.41 bits per heavy atom. The van der Waals surface area contributed by atoms with Crippen LogP contribution in [0.25, 0.3) is 0 Å². The molecule has 2 aromatic carbocycles. The Kier molecular flexibility index (Phi) is 7.38. The predicted octanol–water partition coefficient (Wildman–Crippen LogP) is 3.14. The van der Waals surface area contributed by atoms with E-state index >= 15 is 0 Å². The molecule has 0 fully saturated rings. The van der Waals surface area contributed by atoms with E-state index in [9.17, 15) is 13.2 Å². The lowest BCUT2D eigenvalue weighted by atomic mass is 10.1. The number of sulfonamides is 1. The van der Waals surface area contributed by atoms with E-state index < -0.39 is 10.0 Å². The van der Waals surface area contributed by atoms with Crippen molar-refractivity contribution in [1.29, 1.82) is 0 Å². The lowest BCUT2D eigenvalue weighted by Crippen LogP contribution is -2.35. The molecule has 0 radical (unpaired) electrons. The third-order valence-electron chi connectivity index (χ3n) is 3.90. The van der Waals surface area contributed by atoms with Crippen molar-refractivity contribution in [3.05, 3.63) is 64.7 Å². The van der Waals surface area contributed by atoms with Crippen molar-refractivity contribution in [3.63, 3.8) is 0 Å². The van der Waals surface area contributed by atoms with Gasteiger partial charge in [-0.15, -0.1) is 0 Å². The van der Waals surface area contributed by atoms with Crippen LogP contribution in [0.4, 0.5) is 0 Å². The highest BCUT2D eigenvalue weighted by atomic mass is 35.5. The SMILES string of the molecule is COC[C@H](C)NS(=O)(=O)c1ccc(C(=O)N[C@@H](C)c2cccc(Cl)c2)cc1. The molecule has 2 aromatic rings.